The first-order valence-electron chi connectivity index (χ1n) is 7.70. The predicted molar refractivity (Wildman–Crippen MR) is 84.2 cm³/mol. The number of nitrogens with one attached hydrogen (secondary N) is 1. The summed E-state index contributed by atoms with van der Waals surface area (Å²) in [6, 6.07) is 6.12. The zero-order valence-electron chi connectivity index (χ0n) is 13.2. The number of nitrogens with two attached hydrogens (primary N) is 1. The molecule has 1 aliphatic rings. The Balaban J connectivity index is 2.17. The number of fused-ring (bicyclic) bond motifs is 1. The van der Waals surface area contributed by atoms with Crippen LogP contribution in [-0.2, 0) is 16.0 Å². The molecule has 4 heteroatoms. The minimum Gasteiger partial charge on any atom is -0.383 e. The lowest BCUT2D eigenvalue weighted by Gasteiger charge is -2.28. The van der Waals surface area contributed by atoms with Gasteiger partial charge in [0.25, 0.3) is 0 Å². The summed E-state index contributed by atoms with van der Waals surface area (Å²) < 4.78 is 4.95. The van der Waals surface area contributed by atoms with Gasteiger partial charge in [-0.05, 0) is 41.9 Å². The van der Waals surface area contributed by atoms with Crippen molar-refractivity contribution in [3.8, 4) is 0 Å². The van der Waals surface area contributed by atoms with E-state index in [2.05, 4.69) is 37.4 Å². The summed E-state index contributed by atoms with van der Waals surface area (Å²) in [5.41, 5.74) is 9.72. The molecule has 116 valence electrons. The molecule has 2 rings (SSSR count). The van der Waals surface area contributed by atoms with Gasteiger partial charge < -0.3 is 15.8 Å². The summed E-state index contributed by atoms with van der Waals surface area (Å²) in [6.07, 6.45) is 3.16. The van der Waals surface area contributed by atoms with Crippen molar-refractivity contribution >= 4 is 5.91 Å². The first-order chi connectivity index (χ1) is 10.0. The van der Waals surface area contributed by atoms with Crippen LogP contribution in [0.1, 0.15) is 55.3 Å². The van der Waals surface area contributed by atoms with E-state index >= 15 is 0 Å². The zero-order chi connectivity index (χ0) is 15.4. The molecule has 0 heterocycles. The average molecular weight is 290 g/mol. The molecule has 3 N–H and O–H groups in total. The van der Waals surface area contributed by atoms with Crippen LogP contribution in [-0.4, -0.2) is 25.7 Å². The highest BCUT2D eigenvalue weighted by Gasteiger charge is 2.24. The van der Waals surface area contributed by atoms with Crippen LogP contribution in [0.5, 0.6) is 0 Å². The molecule has 1 aromatic rings. The SMILES string of the molecule is COCC(N)C(=O)N[C@@H]1CCCc2ccc(C(C)C)cc21. The minimum absolute atomic E-state index is 0.0721. The molecule has 21 heavy (non-hydrogen) atoms. The Labute approximate surface area is 127 Å². The number of rotatable bonds is 5. The van der Waals surface area contributed by atoms with Crippen molar-refractivity contribution in [1.82, 2.24) is 5.32 Å². The smallest absolute Gasteiger partial charge is 0.239 e. The molecule has 0 fully saturated rings. The fourth-order valence-electron chi connectivity index (χ4n) is 2.86. The van der Waals surface area contributed by atoms with Gasteiger partial charge in [-0.15, -0.1) is 0 Å². The number of aryl methyl sites for hydroxylation is 1. The van der Waals surface area contributed by atoms with Gasteiger partial charge >= 0.3 is 0 Å². The van der Waals surface area contributed by atoms with E-state index in [9.17, 15) is 4.79 Å². The van der Waals surface area contributed by atoms with E-state index in [4.69, 9.17) is 10.5 Å². The zero-order valence-corrected chi connectivity index (χ0v) is 13.2. The third kappa shape index (κ3) is 3.83. The predicted octanol–water partition coefficient (Wildman–Crippen LogP) is 2.28. The summed E-state index contributed by atoms with van der Waals surface area (Å²) in [4.78, 5) is 12.1. The van der Waals surface area contributed by atoms with Gasteiger partial charge in [0.05, 0.1) is 12.6 Å². The fraction of sp³-hybridized carbons (Fsp3) is 0.588. The van der Waals surface area contributed by atoms with Crippen LogP contribution < -0.4 is 11.1 Å². The van der Waals surface area contributed by atoms with Gasteiger partial charge in [0.1, 0.15) is 6.04 Å². The maximum atomic E-state index is 12.1. The fourth-order valence-corrected chi connectivity index (χ4v) is 2.86. The summed E-state index contributed by atoms with van der Waals surface area (Å²) >= 11 is 0. The van der Waals surface area contributed by atoms with Crippen LogP contribution in [0.2, 0.25) is 0 Å². The van der Waals surface area contributed by atoms with Gasteiger partial charge in [-0.25, -0.2) is 0 Å². The largest absolute Gasteiger partial charge is 0.383 e. The van der Waals surface area contributed by atoms with Gasteiger partial charge in [-0.3, -0.25) is 4.79 Å². The molecule has 4 nitrogen and oxygen atoms in total. The molecular weight excluding hydrogens is 264 g/mol. The lowest BCUT2D eigenvalue weighted by atomic mass is 9.85. The second kappa shape index (κ2) is 7.05. The molecule has 0 saturated carbocycles. The minimum atomic E-state index is -0.603. The summed E-state index contributed by atoms with van der Waals surface area (Å²) in [5, 5.41) is 3.08. The number of amides is 1. The van der Waals surface area contributed by atoms with Gasteiger partial charge in [0.2, 0.25) is 5.91 Å². The highest BCUT2D eigenvalue weighted by Crippen LogP contribution is 2.32. The van der Waals surface area contributed by atoms with Crippen molar-refractivity contribution in [3.05, 3.63) is 34.9 Å². The number of hydrogen-bond donors (Lipinski definition) is 2. The lowest BCUT2D eigenvalue weighted by molar-refractivity contribution is -0.124. The van der Waals surface area contributed by atoms with Crippen molar-refractivity contribution < 1.29 is 9.53 Å². The van der Waals surface area contributed by atoms with E-state index in [1.54, 1.807) is 7.11 Å². The molecule has 0 radical (unpaired) electrons. The highest BCUT2D eigenvalue weighted by molar-refractivity contribution is 5.82. The molecule has 0 saturated heterocycles. The van der Waals surface area contributed by atoms with Crippen molar-refractivity contribution in [3.63, 3.8) is 0 Å². The third-order valence-electron chi connectivity index (χ3n) is 4.15. The number of carbonyl (C=O) groups is 1. The molecule has 0 bridgehead atoms. The average Bonchev–Trinajstić information content (AvgIpc) is 2.47. The quantitative estimate of drug-likeness (QED) is 0.874. The monoisotopic (exact) mass is 290 g/mol. The van der Waals surface area contributed by atoms with Crippen LogP contribution in [0.4, 0.5) is 0 Å². The third-order valence-corrected chi connectivity index (χ3v) is 4.15. The van der Waals surface area contributed by atoms with Gasteiger partial charge in [-0.1, -0.05) is 32.0 Å². The summed E-state index contributed by atoms with van der Waals surface area (Å²) in [6.45, 7) is 4.62. The Kier molecular flexibility index (Phi) is 5.37. The molecule has 1 unspecified atom stereocenters. The Morgan fingerprint density at radius 2 is 2.24 bits per heavy atom. The van der Waals surface area contributed by atoms with Crippen molar-refractivity contribution in [2.75, 3.05) is 13.7 Å². The molecule has 1 aliphatic carbocycles. The van der Waals surface area contributed by atoms with E-state index in [1.807, 2.05) is 0 Å². The van der Waals surface area contributed by atoms with Crippen LogP contribution in [0.3, 0.4) is 0 Å². The lowest BCUT2D eigenvalue weighted by Crippen LogP contribution is -2.45. The molecule has 1 amide bonds. The number of ether oxygens (including phenoxy) is 1. The molecule has 2 atom stereocenters. The normalized spacial score (nSPS) is 19.2. The molecule has 0 aliphatic heterocycles. The Hall–Kier alpha value is -1.39. The molecule has 1 aromatic carbocycles. The Bertz CT molecular complexity index is 500. The Morgan fingerprint density at radius 1 is 1.48 bits per heavy atom. The standard InChI is InChI=1S/C17H26N2O2/c1-11(2)13-8-7-12-5-4-6-16(14(12)9-13)19-17(20)15(18)10-21-3/h7-9,11,15-16H,4-6,10,18H2,1-3H3,(H,19,20)/t15?,16-/m1/s1. The first kappa shape index (κ1) is 16.0. The summed E-state index contributed by atoms with van der Waals surface area (Å²) in [5.74, 6) is 0.356. The second-order valence-electron chi connectivity index (χ2n) is 6.13. The summed E-state index contributed by atoms with van der Waals surface area (Å²) in [7, 11) is 1.55. The van der Waals surface area contributed by atoms with E-state index in [0.717, 1.165) is 19.3 Å². The maximum absolute atomic E-state index is 12.1. The first-order valence-corrected chi connectivity index (χ1v) is 7.70. The van der Waals surface area contributed by atoms with E-state index in [0.29, 0.717) is 5.92 Å². The topological polar surface area (TPSA) is 64.3 Å². The van der Waals surface area contributed by atoms with E-state index in [-0.39, 0.29) is 18.6 Å². The van der Waals surface area contributed by atoms with Gasteiger partial charge in [0, 0.05) is 7.11 Å². The van der Waals surface area contributed by atoms with Crippen molar-refractivity contribution in [2.24, 2.45) is 5.73 Å². The van der Waals surface area contributed by atoms with Crippen molar-refractivity contribution in [1.29, 1.82) is 0 Å². The van der Waals surface area contributed by atoms with Gasteiger partial charge in [-0.2, -0.15) is 0 Å². The Morgan fingerprint density at radius 3 is 2.90 bits per heavy atom. The second-order valence-corrected chi connectivity index (χ2v) is 6.13. The van der Waals surface area contributed by atoms with Gasteiger partial charge in [0.15, 0.2) is 0 Å². The maximum Gasteiger partial charge on any atom is 0.239 e. The number of benzene rings is 1. The highest BCUT2D eigenvalue weighted by atomic mass is 16.5. The number of methoxy groups -OCH3 is 1. The number of carbonyl (C=O) groups excluding carboxylic acids is 1. The van der Waals surface area contributed by atoms with E-state index < -0.39 is 6.04 Å². The number of hydrogen-bond acceptors (Lipinski definition) is 3. The van der Waals surface area contributed by atoms with Crippen molar-refractivity contribution in [2.45, 2.75) is 51.1 Å². The molecule has 0 aromatic heterocycles. The van der Waals surface area contributed by atoms with Crippen LogP contribution >= 0.6 is 0 Å². The molecular formula is C17H26N2O2. The van der Waals surface area contributed by atoms with Crippen LogP contribution in [0.25, 0.3) is 0 Å². The van der Waals surface area contributed by atoms with Crippen LogP contribution in [0, 0.1) is 0 Å². The molecule has 0 spiro atoms. The van der Waals surface area contributed by atoms with Crippen LogP contribution in [0.15, 0.2) is 18.2 Å². The van der Waals surface area contributed by atoms with E-state index in [1.165, 1.54) is 16.7 Å².